The van der Waals surface area contributed by atoms with Gasteiger partial charge in [-0.25, -0.2) is 9.59 Å². The molecule has 0 unspecified atom stereocenters. The molecule has 1 aliphatic heterocycles. The maximum Gasteiger partial charge on any atom is 0.396 e. The molecule has 0 bridgehead atoms. The van der Waals surface area contributed by atoms with Crippen molar-refractivity contribution in [2.75, 3.05) is 32.2 Å². The van der Waals surface area contributed by atoms with Gasteiger partial charge in [-0.1, -0.05) is 105 Å². The average Bonchev–Trinajstić information content (AvgIpc) is 1.50. The Morgan fingerprint density at radius 2 is 0.781 bits per heavy atom. The number of anilines is 1. The standard InChI is InChI=1S/C78H89N11O25/c1-42(2)32-53(67(100)84-59(39-66(98)99)73(106)82-56(36-46-19-27-50(93)28-20-46)71(104)87-60(77(110)111)37-47-21-29-51(94)30-22-47)81-72(105)58(38-65(96)97)85-70(103)55(35-45-17-25-49(92)26-18-45)83-74(107)61(40-90)88-68(101)54(34-44-15-23-48(91)24-16-44)79-64(95)41-114-63-14-8-7-12-52(63)80-69(102)57(33-43-10-5-4-6-11-43)86-75(108)62-13-9-31-89(62)76(109)78(112)113-3/h4-8,10-12,14-30,42,53-62,90-94H,9,13,31-41H2,1-3H3,(H,79,95)(H,80,102)(H,81,105)(H,82,106)(H,83,107)(H,84,100)(H,85,103)(H,86,108)(H,87,104)(H,88,101)(H,96,97)(H,98,99)(H,110,111)/t53-,54-,55-,56-,57+,58-,59-,60-,61-,62-/m0/s1. The Morgan fingerprint density at radius 1 is 0.421 bits per heavy atom. The first-order valence-corrected chi connectivity index (χ1v) is 35.8. The van der Waals surface area contributed by atoms with Crippen LogP contribution in [0.15, 0.2) is 152 Å². The molecule has 1 aliphatic rings. The first-order valence-electron chi connectivity index (χ1n) is 35.8. The molecule has 36 nitrogen and oxygen atoms in total. The van der Waals surface area contributed by atoms with E-state index in [0.717, 1.165) is 12.0 Å². The number of aliphatic hydroxyl groups is 1. The Hall–Kier alpha value is -13.7. The van der Waals surface area contributed by atoms with Gasteiger partial charge in [0.15, 0.2) is 6.61 Å². The molecule has 0 aliphatic carbocycles. The van der Waals surface area contributed by atoms with E-state index in [0.29, 0.717) is 28.7 Å². The van der Waals surface area contributed by atoms with E-state index in [1.165, 1.54) is 121 Å². The number of methoxy groups -OCH3 is 1. The third-order valence-electron chi connectivity index (χ3n) is 17.8. The summed E-state index contributed by atoms with van der Waals surface area (Å²) in [5.41, 5.74) is 1.86. The highest BCUT2D eigenvalue weighted by molar-refractivity contribution is 6.33. The Balaban J connectivity index is 1.06. The van der Waals surface area contributed by atoms with Gasteiger partial charge < -0.3 is 108 Å². The highest BCUT2D eigenvalue weighted by atomic mass is 16.5. The smallest absolute Gasteiger partial charge is 0.396 e. The second kappa shape index (κ2) is 42.5. The number of likely N-dealkylation sites (tertiary alicyclic amines) is 1. The molecule has 0 saturated carbocycles. The van der Waals surface area contributed by atoms with Crippen LogP contribution in [-0.4, -0.2) is 222 Å². The molecule has 1 heterocycles. The number of nitrogens with zero attached hydrogens (tertiary/aromatic N) is 1. The van der Waals surface area contributed by atoms with E-state index in [2.05, 4.69) is 57.9 Å². The van der Waals surface area contributed by atoms with Gasteiger partial charge in [0.1, 0.15) is 89.2 Å². The summed E-state index contributed by atoms with van der Waals surface area (Å²) in [5, 5.41) is 105. The van der Waals surface area contributed by atoms with Crippen LogP contribution in [0.4, 0.5) is 5.69 Å². The summed E-state index contributed by atoms with van der Waals surface area (Å²) in [7, 11) is 1.02. The molecule has 18 N–H and O–H groups in total. The van der Waals surface area contributed by atoms with Crippen molar-refractivity contribution < 1.29 is 122 Å². The second-order valence-corrected chi connectivity index (χ2v) is 27.0. The topological polar surface area (TPSA) is 560 Å². The van der Waals surface area contributed by atoms with E-state index in [1.807, 2.05) is 0 Å². The van der Waals surface area contributed by atoms with Gasteiger partial charge in [0.25, 0.3) is 5.91 Å². The number of para-hydroxylation sites is 2. The normalized spacial score (nSPS) is 14.6. The van der Waals surface area contributed by atoms with Gasteiger partial charge >= 0.3 is 29.8 Å². The number of aliphatic hydroxyl groups excluding tert-OH is 1. The largest absolute Gasteiger partial charge is 0.508 e. The summed E-state index contributed by atoms with van der Waals surface area (Å²) in [6.07, 6.45) is -3.71. The van der Waals surface area contributed by atoms with Crippen LogP contribution in [0.1, 0.15) is 73.8 Å². The number of carbonyl (C=O) groups excluding carboxylic acids is 12. The third-order valence-corrected chi connectivity index (χ3v) is 17.8. The number of carbonyl (C=O) groups is 15. The van der Waals surface area contributed by atoms with Gasteiger partial charge in [0.2, 0.25) is 53.2 Å². The number of nitrogens with one attached hydrogen (secondary N) is 10. The minimum atomic E-state index is -2.12. The lowest BCUT2D eigenvalue weighted by molar-refractivity contribution is -0.159. The van der Waals surface area contributed by atoms with Gasteiger partial charge in [-0.2, -0.15) is 0 Å². The minimum Gasteiger partial charge on any atom is -0.508 e. The van der Waals surface area contributed by atoms with Crippen LogP contribution in [0.5, 0.6) is 28.7 Å². The molecule has 1 fully saturated rings. The zero-order valence-corrected chi connectivity index (χ0v) is 61.9. The molecule has 6 aromatic carbocycles. The Bertz CT molecular complexity index is 4420. The maximum atomic E-state index is 14.6. The molecule has 10 atom stereocenters. The van der Waals surface area contributed by atoms with E-state index in [4.69, 9.17) is 4.74 Å². The van der Waals surface area contributed by atoms with Crippen LogP contribution in [0.25, 0.3) is 0 Å². The van der Waals surface area contributed by atoms with Crippen LogP contribution in [-0.2, 0) is 109 Å². The average molecular weight is 1580 g/mol. The van der Waals surface area contributed by atoms with Crippen LogP contribution in [0.3, 0.4) is 0 Å². The van der Waals surface area contributed by atoms with Gasteiger partial charge in [-0.3, -0.25) is 62.3 Å². The number of carboxylic acid groups (broad SMARTS) is 3. The third kappa shape index (κ3) is 27.4. The van der Waals surface area contributed by atoms with E-state index < -0.39 is 194 Å². The zero-order valence-electron chi connectivity index (χ0n) is 61.9. The number of aliphatic carboxylic acids is 3. The highest BCUT2D eigenvalue weighted by Gasteiger charge is 2.41. The monoisotopic (exact) mass is 1580 g/mol. The molecular weight excluding hydrogens is 1490 g/mol. The van der Waals surface area contributed by atoms with E-state index in [-0.39, 0.29) is 78.6 Å². The lowest BCUT2D eigenvalue weighted by atomic mass is 10.0. The van der Waals surface area contributed by atoms with Crippen LogP contribution in [0, 0.1) is 5.92 Å². The summed E-state index contributed by atoms with van der Waals surface area (Å²) in [5.74, 6) is -19.5. The van der Waals surface area contributed by atoms with Crippen molar-refractivity contribution in [2.24, 2.45) is 5.92 Å². The molecule has 114 heavy (non-hydrogen) atoms. The van der Waals surface area contributed by atoms with Crippen LogP contribution < -0.4 is 57.9 Å². The fourth-order valence-electron chi connectivity index (χ4n) is 12.0. The first-order chi connectivity index (χ1) is 54.2. The number of phenolic OH excluding ortho intramolecular Hbond substituents is 4. The fourth-order valence-corrected chi connectivity index (χ4v) is 12.0. The van der Waals surface area contributed by atoms with Crippen molar-refractivity contribution in [1.29, 1.82) is 0 Å². The molecular formula is C78H89N11O25. The Kier molecular flexibility index (Phi) is 32.6. The quantitative estimate of drug-likeness (QED) is 0.0172. The van der Waals surface area contributed by atoms with E-state index >= 15 is 0 Å². The number of amides is 11. The molecule has 11 amide bonds. The number of benzene rings is 6. The SMILES string of the molecule is COC(=O)C(=O)N1CCC[C@H]1C(=O)N[C@H](Cc1ccccc1)C(=O)Nc1ccccc1OCC(=O)N[C@@H](Cc1ccc(O)cc1)C(=O)N[C@@H](CO)C(=O)N[C@@H](Cc1ccc(O)cc1)C(=O)N[C@@H](CC(=O)O)C(=O)N[C@@H](CC(C)C)C(=O)N[C@@H](CC(=O)O)C(=O)N[C@@H](Cc1ccc(O)cc1)C(=O)N[C@@H](Cc1ccc(O)cc1)C(=O)O. The van der Waals surface area contributed by atoms with Crippen molar-refractivity contribution in [3.8, 4) is 28.7 Å². The maximum absolute atomic E-state index is 14.6. The number of hydrogen-bond donors (Lipinski definition) is 18. The lowest BCUT2D eigenvalue weighted by Gasteiger charge is -2.28. The van der Waals surface area contributed by atoms with Crippen molar-refractivity contribution in [2.45, 2.75) is 138 Å². The predicted octanol–water partition coefficient (Wildman–Crippen LogP) is -0.361. The number of rotatable bonds is 40. The Morgan fingerprint density at radius 3 is 1.21 bits per heavy atom. The Labute approximate surface area is 651 Å². The predicted molar refractivity (Wildman–Crippen MR) is 401 cm³/mol. The molecule has 0 aromatic heterocycles. The van der Waals surface area contributed by atoms with Crippen molar-refractivity contribution in [1.82, 2.24) is 52.8 Å². The molecule has 36 heteroatoms. The number of esters is 1. The minimum absolute atomic E-state index is 0.00714. The molecule has 1 saturated heterocycles. The summed E-state index contributed by atoms with van der Waals surface area (Å²) < 4.78 is 10.5. The van der Waals surface area contributed by atoms with Crippen molar-refractivity contribution >= 4 is 94.5 Å². The second-order valence-electron chi connectivity index (χ2n) is 27.0. The summed E-state index contributed by atoms with van der Waals surface area (Å²) in [6, 6.07) is 18.4. The van der Waals surface area contributed by atoms with Crippen molar-refractivity contribution in [3.05, 3.63) is 179 Å². The molecule has 7 rings (SSSR count). The highest BCUT2D eigenvalue weighted by Crippen LogP contribution is 2.26. The molecule has 0 radical (unpaired) electrons. The lowest BCUT2D eigenvalue weighted by Crippen LogP contribution is -2.61. The summed E-state index contributed by atoms with van der Waals surface area (Å²) in [4.78, 5) is 206. The fraction of sp³-hybridized carbons (Fsp3) is 0.346. The van der Waals surface area contributed by atoms with Gasteiger partial charge in [-0.05, 0) is 114 Å². The zero-order chi connectivity index (χ0) is 83.3. The molecule has 6 aromatic rings. The van der Waals surface area contributed by atoms with Crippen molar-refractivity contribution in [3.63, 3.8) is 0 Å². The first kappa shape index (κ1) is 87.6. The summed E-state index contributed by atoms with van der Waals surface area (Å²) >= 11 is 0. The van der Waals surface area contributed by atoms with Gasteiger partial charge in [-0.15, -0.1) is 0 Å². The van der Waals surface area contributed by atoms with E-state index in [9.17, 15) is 113 Å². The van der Waals surface area contributed by atoms with Crippen LogP contribution in [0.2, 0.25) is 0 Å². The number of ether oxygens (including phenoxy) is 2. The van der Waals surface area contributed by atoms with Gasteiger partial charge in [0, 0.05) is 38.6 Å². The van der Waals surface area contributed by atoms with E-state index in [1.54, 1.807) is 44.2 Å². The number of hydrogen-bond acceptors (Lipinski definition) is 22. The number of carboxylic acids is 3. The molecule has 606 valence electrons. The molecule has 0 spiro atoms. The van der Waals surface area contributed by atoms with Crippen LogP contribution >= 0.6 is 0 Å². The number of aromatic hydroxyl groups is 4. The van der Waals surface area contributed by atoms with Gasteiger partial charge in [0.05, 0.1) is 32.2 Å². The summed E-state index contributed by atoms with van der Waals surface area (Å²) in [6.45, 7) is 1.21. The number of phenols is 4.